The molecule has 1 aromatic carbocycles. The molecule has 2 fully saturated rings. The van der Waals surface area contributed by atoms with E-state index in [-0.39, 0.29) is 11.9 Å². The van der Waals surface area contributed by atoms with E-state index in [2.05, 4.69) is 16.4 Å². The minimum atomic E-state index is -0.319. The Morgan fingerprint density at radius 2 is 1.73 bits per heavy atom. The smallest absolute Gasteiger partial charge is 0.337 e. The molecule has 2 aliphatic rings. The van der Waals surface area contributed by atoms with Crippen molar-refractivity contribution in [1.82, 2.24) is 14.7 Å². The number of esters is 1. The van der Waals surface area contributed by atoms with Crippen LogP contribution in [-0.4, -0.2) is 79.5 Å². The first-order chi connectivity index (χ1) is 16.0. The highest BCUT2D eigenvalue weighted by molar-refractivity contribution is 5.89. The number of methoxy groups -OCH3 is 1. The van der Waals surface area contributed by atoms with Gasteiger partial charge in [0.05, 0.1) is 12.7 Å². The van der Waals surface area contributed by atoms with Gasteiger partial charge in [0.2, 0.25) is 5.91 Å². The Bertz CT molecular complexity index is 862. The van der Waals surface area contributed by atoms with E-state index in [9.17, 15) is 9.59 Å². The summed E-state index contributed by atoms with van der Waals surface area (Å²) < 4.78 is 4.75. The van der Waals surface area contributed by atoms with E-state index in [1.165, 1.54) is 7.11 Å². The predicted octanol–water partition coefficient (Wildman–Crippen LogP) is 2.41. The molecule has 0 saturated carbocycles. The lowest BCUT2D eigenvalue weighted by Crippen LogP contribution is -2.51. The number of piperidine rings is 1. The van der Waals surface area contributed by atoms with Crippen LogP contribution in [0.1, 0.15) is 28.8 Å². The van der Waals surface area contributed by atoms with Crippen molar-refractivity contribution in [3.8, 4) is 0 Å². The maximum atomic E-state index is 13.1. The number of rotatable bonds is 8. The van der Waals surface area contributed by atoms with Crippen molar-refractivity contribution in [1.29, 1.82) is 0 Å². The molecule has 7 nitrogen and oxygen atoms in total. The molecular weight excluding hydrogens is 416 g/mol. The van der Waals surface area contributed by atoms with Crippen molar-refractivity contribution in [3.05, 3.63) is 72.0 Å². The number of nitrogens with zero attached hydrogens (tertiary/aromatic N) is 3. The molecule has 2 saturated heterocycles. The van der Waals surface area contributed by atoms with Crippen LogP contribution in [0.2, 0.25) is 0 Å². The van der Waals surface area contributed by atoms with Crippen LogP contribution >= 0.6 is 0 Å². The van der Waals surface area contributed by atoms with Crippen LogP contribution in [0.3, 0.4) is 0 Å². The molecule has 1 aromatic rings. The fourth-order valence-electron chi connectivity index (χ4n) is 4.54. The van der Waals surface area contributed by atoms with E-state index in [4.69, 9.17) is 10.5 Å². The zero-order valence-corrected chi connectivity index (χ0v) is 19.6. The van der Waals surface area contributed by atoms with Crippen molar-refractivity contribution in [2.45, 2.75) is 19.4 Å². The zero-order valence-electron chi connectivity index (χ0n) is 19.6. The zero-order chi connectivity index (χ0) is 23.6. The molecule has 7 heteroatoms. The Balaban J connectivity index is 1.42. The van der Waals surface area contributed by atoms with Gasteiger partial charge >= 0.3 is 5.97 Å². The molecule has 33 heavy (non-hydrogen) atoms. The van der Waals surface area contributed by atoms with Crippen molar-refractivity contribution in [2.24, 2.45) is 11.7 Å². The highest BCUT2D eigenvalue weighted by Gasteiger charge is 2.30. The minimum Gasteiger partial charge on any atom is -0.465 e. The summed E-state index contributed by atoms with van der Waals surface area (Å²) in [5.74, 6) is 0.108. The second-order valence-corrected chi connectivity index (χ2v) is 8.68. The first-order valence-corrected chi connectivity index (χ1v) is 11.6. The lowest BCUT2D eigenvalue weighted by Gasteiger charge is -2.38. The van der Waals surface area contributed by atoms with Crippen LogP contribution in [0.5, 0.6) is 0 Å². The van der Waals surface area contributed by atoms with Crippen LogP contribution in [0.4, 0.5) is 0 Å². The summed E-state index contributed by atoms with van der Waals surface area (Å²) in [6.07, 6.45) is 9.03. The quantitative estimate of drug-likeness (QED) is 0.482. The summed E-state index contributed by atoms with van der Waals surface area (Å²) in [4.78, 5) is 31.4. The lowest BCUT2D eigenvalue weighted by molar-refractivity contribution is -0.138. The second kappa shape index (κ2) is 12.4. The van der Waals surface area contributed by atoms with Crippen molar-refractivity contribution in [2.75, 3.05) is 52.9 Å². The minimum absolute atomic E-state index is 0.121. The van der Waals surface area contributed by atoms with Gasteiger partial charge in [-0.05, 0) is 61.5 Å². The van der Waals surface area contributed by atoms with Gasteiger partial charge in [-0.15, -0.1) is 0 Å². The summed E-state index contributed by atoms with van der Waals surface area (Å²) in [5.41, 5.74) is 8.39. The molecule has 2 N–H and O–H groups in total. The number of carbonyl (C=O) groups excluding carboxylic acids is 2. The maximum absolute atomic E-state index is 13.1. The Morgan fingerprint density at radius 3 is 2.30 bits per heavy atom. The number of hydrogen-bond donors (Lipinski definition) is 1. The molecule has 0 unspecified atom stereocenters. The van der Waals surface area contributed by atoms with Crippen molar-refractivity contribution in [3.63, 3.8) is 0 Å². The first-order valence-electron chi connectivity index (χ1n) is 11.6. The number of allylic oxidation sites excluding steroid dienone is 2. The molecule has 0 spiro atoms. The highest BCUT2D eigenvalue weighted by Crippen LogP contribution is 2.22. The number of piperazine rings is 1. The van der Waals surface area contributed by atoms with Gasteiger partial charge in [-0.3, -0.25) is 14.6 Å². The third-order valence-corrected chi connectivity index (χ3v) is 6.45. The summed E-state index contributed by atoms with van der Waals surface area (Å²) in [6.45, 7) is 10.5. The molecule has 0 atom stereocenters. The van der Waals surface area contributed by atoms with Crippen molar-refractivity contribution >= 4 is 11.9 Å². The van der Waals surface area contributed by atoms with Gasteiger partial charge in [0.15, 0.2) is 0 Å². The highest BCUT2D eigenvalue weighted by atomic mass is 16.5. The number of ether oxygens (including phenoxy) is 1. The SMILES string of the molecule is C=C/C=C(\C=C/N)CN1CCC(C(=O)N2CCN(Cc3ccc(C(=O)OC)cc3)CC2)CC1. The first kappa shape index (κ1) is 24.7. The molecule has 0 aromatic heterocycles. The van der Waals surface area contributed by atoms with Crippen LogP contribution in [0.25, 0.3) is 0 Å². The summed E-state index contributed by atoms with van der Waals surface area (Å²) >= 11 is 0. The Labute approximate surface area is 197 Å². The average molecular weight is 453 g/mol. The van der Waals surface area contributed by atoms with Gasteiger partial charge in [-0.2, -0.15) is 0 Å². The van der Waals surface area contributed by atoms with E-state index in [0.29, 0.717) is 11.5 Å². The number of likely N-dealkylation sites (tertiary alicyclic amines) is 1. The normalized spacial score (nSPS) is 19.1. The lowest BCUT2D eigenvalue weighted by atomic mass is 9.94. The summed E-state index contributed by atoms with van der Waals surface area (Å²) in [7, 11) is 1.39. The molecule has 2 aliphatic heterocycles. The number of nitrogens with two attached hydrogens (primary N) is 1. The molecule has 2 heterocycles. The number of hydrogen-bond acceptors (Lipinski definition) is 6. The topological polar surface area (TPSA) is 79.1 Å². The standard InChI is InChI=1S/C26H36N4O3/c1-3-4-21(9-12-27)19-28-13-10-23(11-14-28)25(31)30-17-15-29(16-18-30)20-22-5-7-24(8-6-22)26(32)33-2/h3-9,12,23H,1,10-11,13-20,27H2,2H3/b12-9-,21-4+. The third kappa shape index (κ3) is 7.04. The molecular formula is C26H36N4O3. The Kier molecular flexibility index (Phi) is 9.27. The summed E-state index contributed by atoms with van der Waals surface area (Å²) in [5, 5.41) is 0. The van der Waals surface area contributed by atoms with Gasteiger partial charge in [-0.25, -0.2) is 4.79 Å². The van der Waals surface area contributed by atoms with Gasteiger partial charge in [0, 0.05) is 45.2 Å². The number of amides is 1. The average Bonchev–Trinajstić information content (AvgIpc) is 2.85. The monoisotopic (exact) mass is 452 g/mol. The summed E-state index contributed by atoms with van der Waals surface area (Å²) in [6, 6.07) is 7.54. The van der Waals surface area contributed by atoms with E-state index < -0.39 is 0 Å². The molecule has 3 rings (SSSR count). The van der Waals surface area contributed by atoms with Crippen LogP contribution in [0.15, 0.2) is 60.8 Å². The fourth-order valence-corrected chi connectivity index (χ4v) is 4.54. The van der Waals surface area contributed by atoms with Crippen LogP contribution in [-0.2, 0) is 16.1 Å². The van der Waals surface area contributed by atoms with Gasteiger partial charge in [0.25, 0.3) is 0 Å². The molecule has 0 radical (unpaired) electrons. The van der Waals surface area contributed by atoms with E-state index in [0.717, 1.165) is 76.3 Å². The number of benzene rings is 1. The molecule has 0 aliphatic carbocycles. The Morgan fingerprint density at radius 1 is 1.06 bits per heavy atom. The predicted molar refractivity (Wildman–Crippen MR) is 130 cm³/mol. The van der Waals surface area contributed by atoms with E-state index in [1.807, 2.05) is 29.2 Å². The third-order valence-electron chi connectivity index (χ3n) is 6.45. The fraction of sp³-hybridized carbons (Fsp3) is 0.462. The molecule has 0 bridgehead atoms. The molecule has 1 amide bonds. The molecule has 178 valence electrons. The van der Waals surface area contributed by atoms with E-state index >= 15 is 0 Å². The van der Waals surface area contributed by atoms with Crippen LogP contribution < -0.4 is 5.73 Å². The Hall–Kier alpha value is -2.90. The maximum Gasteiger partial charge on any atom is 0.337 e. The second-order valence-electron chi connectivity index (χ2n) is 8.68. The van der Waals surface area contributed by atoms with Gasteiger partial charge in [0.1, 0.15) is 0 Å². The largest absolute Gasteiger partial charge is 0.465 e. The number of carbonyl (C=O) groups is 2. The van der Waals surface area contributed by atoms with E-state index in [1.54, 1.807) is 24.4 Å². The van der Waals surface area contributed by atoms with Gasteiger partial charge < -0.3 is 15.4 Å². The van der Waals surface area contributed by atoms with Crippen LogP contribution in [0, 0.1) is 5.92 Å². The van der Waals surface area contributed by atoms with Gasteiger partial charge in [-0.1, -0.05) is 30.9 Å². The van der Waals surface area contributed by atoms with Crippen molar-refractivity contribution < 1.29 is 14.3 Å².